The van der Waals surface area contributed by atoms with E-state index in [4.69, 9.17) is 9.79 Å². The average Bonchev–Trinajstić information content (AvgIpc) is 2.96. The van der Waals surface area contributed by atoms with Gasteiger partial charge in [0.2, 0.25) is 0 Å². The lowest BCUT2D eigenvalue weighted by molar-refractivity contribution is -0.491. The summed E-state index contributed by atoms with van der Waals surface area (Å²) in [5.74, 6) is -144. The van der Waals surface area contributed by atoms with Crippen LogP contribution in [0, 0.1) is 0 Å². The van der Waals surface area contributed by atoms with E-state index in [0.29, 0.717) is 0 Å². The Morgan fingerprint density at radius 1 is 0.316 bits per heavy atom. The third-order valence-corrected chi connectivity index (χ3v) is 7.36. The van der Waals surface area contributed by atoms with Crippen molar-refractivity contribution in [2.45, 2.75) is 108 Å². The smallest absolute Gasteiger partial charge is 0.303 e. The van der Waals surface area contributed by atoms with Gasteiger partial charge in [0, 0.05) is 6.42 Å². The lowest BCUT2D eigenvalue weighted by atomic mass is 9.82. The van der Waals surface area contributed by atoms with Crippen LogP contribution < -0.4 is 0 Å². The maximum atomic E-state index is 13.9. The highest BCUT2D eigenvalue weighted by molar-refractivity contribution is 7.46. The van der Waals surface area contributed by atoms with E-state index in [1.165, 1.54) is 0 Å². The Morgan fingerprint density at radius 3 is 0.667 bits per heavy atom. The first-order chi connectivity index (χ1) is 24.0. The molecule has 344 valence electrons. The number of phosphoric acid groups is 1. The standard InChI is InChI=1S/C19H8F33O4P/c20-4(21,2-1-3-56-57(53,54)55)5(22,23)6(24,25)7(26,27)8(28,29)9(30,31)10(32,33)11(34,35)12(36,37)13(38,39)14(40,41)15(42,43)16(44,45)17(46,47)18(48,49)19(50,51)52/h1-3H2,(H2,53,54,55). The average molecular weight is 958 g/mol. The van der Waals surface area contributed by atoms with Gasteiger partial charge in [-0.15, -0.1) is 0 Å². The summed E-state index contributed by atoms with van der Waals surface area (Å²) in [5.41, 5.74) is 0. The van der Waals surface area contributed by atoms with Crippen LogP contribution in [0.15, 0.2) is 0 Å². The summed E-state index contributed by atoms with van der Waals surface area (Å²) < 4.78 is 461. The molecule has 0 fully saturated rings. The van der Waals surface area contributed by atoms with Gasteiger partial charge in [-0.25, -0.2) is 4.57 Å². The van der Waals surface area contributed by atoms with Crippen LogP contribution in [0.2, 0.25) is 0 Å². The molecule has 0 radical (unpaired) electrons. The molecule has 0 aromatic heterocycles. The van der Waals surface area contributed by atoms with Gasteiger partial charge in [0.05, 0.1) is 6.61 Å². The van der Waals surface area contributed by atoms with E-state index in [9.17, 15) is 149 Å². The van der Waals surface area contributed by atoms with Crippen LogP contribution in [0.1, 0.15) is 12.8 Å². The van der Waals surface area contributed by atoms with E-state index < -0.39 is 122 Å². The molecule has 0 aliphatic rings. The Balaban J connectivity index is 7.53. The normalized spacial score (nSPS) is 17.0. The Labute approximate surface area is 287 Å². The van der Waals surface area contributed by atoms with Crippen LogP contribution in [-0.2, 0) is 9.09 Å². The van der Waals surface area contributed by atoms with Crippen molar-refractivity contribution in [1.82, 2.24) is 0 Å². The zero-order valence-corrected chi connectivity index (χ0v) is 25.6. The maximum Gasteiger partial charge on any atom is 0.469 e. The fourth-order valence-electron chi connectivity index (χ4n) is 3.41. The quantitative estimate of drug-likeness (QED) is 0.0769. The molecular formula is C19H8F33O4P. The molecule has 0 saturated carbocycles. The van der Waals surface area contributed by atoms with Crippen molar-refractivity contribution in [3.8, 4) is 0 Å². The highest BCUT2D eigenvalue weighted by atomic mass is 31.2. The summed E-state index contributed by atoms with van der Waals surface area (Å²) in [5, 5.41) is 0. The molecule has 0 aromatic rings. The Morgan fingerprint density at radius 2 is 0.491 bits per heavy atom. The van der Waals surface area contributed by atoms with Crippen molar-refractivity contribution < 1.29 is 164 Å². The molecule has 2 N–H and O–H groups in total. The van der Waals surface area contributed by atoms with Crippen LogP contribution in [-0.4, -0.2) is 111 Å². The van der Waals surface area contributed by atoms with E-state index in [1.54, 1.807) is 0 Å². The summed E-state index contributed by atoms with van der Waals surface area (Å²) in [6.07, 6.45) is -13.9. The highest BCUT2D eigenvalue weighted by Gasteiger charge is 3.01. The molecule has 0 heterocycles. The van der Waals surface area contributed by atoms with E-state index in [1.807, 2.05) is 0 Å². The van der Waals surface area contributed by atoms with Crippen LogP contribution in [0.3, 0.4) is 0 Å². The number of alkyl halides is 33. The van der Waals surface area contributed by atoms with Gasteiger partial charge < -0.3 is 9.79 Å². The molecular weight excluding hydrogens is 950 g/mol. The molecule has 0 unspecified atom stereocenters. The molecule has 0 atom stereocenters. The van der Waals surface area contributed by atoms with Crippen molar-refractivity contribution in [2.75, 3.05) is 6.61 Å². The summed E-state index contributed by atoms with van der Waals surface area (Å²) in [6.45, 7) is -2.03. The molecule has 0 aromatic carbocycles. The summed E-state index contributed by atoms with van der Waals surface area (Å²) >= 11 is 0. The third-order valence-electron chi connectivity index (χ3n) is 6.84. The number of halogens is 33. The molecule has 0 saturated heterocycles. The second-order valence-electron chi connectivity index (χ2n) is 10.7. The second-order valence-corrected chi connectivity index (χ2v) is 11.9. The summed E-state index contributed by atoms with van der Waals surface area (Å²) in [4.78, 5) is 16.4. The van der Waals surface area contributed by atoms with Gasteiger partial charge in [-0.1, -0.05) is 0 Å². The summed E-state index contributed by atoms with van der Waals surface area (Å²) in [7, 11) is -5.81. The monoisotopic (exact) mass is 958 g/mol. The zero-order chi connectivity index (χ0) is 47.3. The molecule has 0 aliphatic carbocycles. The van der Waals surface area contributed by atoms with E-state index in [-0.39, 0.29) is 0 Å². The Hall–Kier alpha value is -2.20. The van der Waals surface area contributed by atoms with E-state index >= 15 is 0 Å². The molecule has 0 aliphatic heterocycles. The van der Waals surface area contributed by atoms with Gasteiger partial charge in [0.25, 0.3) is 0 Å². The number of rotatable bonds is 19. The number of hydrogen-bond donors (Lipinski definition) is 2. The van der Waals surface area contributed by atoms with Crippen LogP contribution in [0.5, 0.6) is 0 Å². The molecule has 4 nitrogen and oxygen atoms in total. The minimum Gasteiger partial charge on any atom is -0.303 e. The predicted molar refractivity (Wildman–Crippen MR) is 107 cm³/mol. The highest BCUT2D eigenvalue weighted by Crippen LogP contribution is 2.70. The molecule has 0 rings (SSSR count). The van der Waals surface area contributed by atoms with E-state index in [0.717, 1.165) is 0 Å². The number of hydrogen-bond acceptors (Lipinski definition) is 2. The Kier molecular flexibility index (Phi) is 13.4. The maximum absolute atomic E-state index is 13.9. The third kappa shape index (κ3) is 7.18. The van der Waals surface area contributed by atoms with Crippen LogP contribution in [0.4, 0.5) is 145 Å². The Bertz CT molecular complexity index is 1490. The predicted octanol–water partition coefficient (Wildman–Crippen LogP) is 11.0. The van der Waals surface area contributed by atoms with Crippen molar-refractivity contribution in [2.24, 2.45) is 0 Å². The lowest BCUT2D eigenvalue weighted by Crippen LogP contribution is -2.80. The molecule has 57 heavy (non-hydrogen) atoms. The first-order valence-corrected chi connectivity index (χ1v) is 13.9. The van der Waals surface area contributed by atoms with Crippen LogP contribution in [0.25, 0.3) is 0 Å². The first-order valence-electron chi connectivity index (χ1n) is 12.4. The van der Waals surface area contributed by atoms with Gasteiger partial charge in [0.15, 0.2) is 0 Å². The molecule has 0 amide bonds. The lowest BCUT2D eigenvalue weighted by Gasteiger charge is -2.47. The minimum absolute atomic E-state index is 2.03. The van der Waals surface area contributed by atoms with Gasteiger partial charge in [-0.2, -0.15) is 145 Å². The van der Waals surface area contributed by atoms with Gasteiger partial charge >= 0.3 is 103 Å². The summed E-state index contributed by atoms with van der Waals surface area (Å²) in [6, 6.07) is 0. The topological polar surface area (TPSA) is 66.8 Å². The van der Waals surface area contributed by atoms with Gasteiger partial charge in [0.1, 0.15) is 0 Å². The molecule has 38 heteroatoms. The fourth-order valence-corrected chi connectivity index (χ4v) is 3.78. The SMILES string of the molecule is O=P(O)(O)OCCCC(F)(F)C(F)(F)C(F)(F)C(F)(F)C(F)(F)C(F)(F)C(F)(F)C(F)(F)C(F)(F)C(F)(F)C(F)(F)C(F)(F)C(F)(F)C(F)(F)C(F)(F)C(F)(F)F. The van der Waals surface area contributed by atoms with Crippen molar-refractivity contribution in [1.29, 1.82) is 0 Å². The molecule has 0 bridgehead atoms. The molecule has 0 spiro atoms. The first kappa shape index (κ1) is 54.8. The largest absolute Gasteiger partial charge is 0.469 e. The van der Waals surface area contributed by atoms with Gasteiger partial charge in [-0.3, -0.25) is 4.52 Å². The van der Waals surface area contributed by atoms with Crippen LogP contribution >= 0.6 is 7.82 Å². The van der Waals surface area contributed by atoms with Crippen molar-refractivity contribution in [3.63, 3.8) is 0 Å². The second kappa shape index (κ2) is 13.9. The van der Waals surface area contributed by atoms with Gasteiger partial charge in [-0.05, 0) is 6.42 Å². The van der Waals surface area contributed by atoms with Crippen molar-refractivity contribution >= 4 is 7.82 Å². The van der Waals surface area contributed by atoms with E-state index in [2.05, 4.69) is 4.52 Å². The van der Waals surface area contributed by atoms with Crippen molar-refractivity contribution in [3.05, 3.63) is 0 Å². The fraction of sp³-hybridized carbons (Fsp3) is 1.00. The number of phosphoric ester groups is 1. The minimum atomic E-state index is -10.3. The zero-order valence-electron chi connectivity index (χ0n) is 24.8.